The minimum atomic E-state index is -0.785. The number of ether oxygens (including phenoxy) is 3. The first-order valence-electron chi connectivity index (χ1n) is 11.2. The molecule has 0 heterocycles. The summed E-state index contributed by atoms with van der Waals surface area (Å²) in [7, 11) is 0. The monoisotopic (exact) mass is 413 g/mol. The Labute approximate surface area is 177 Å². The number of rotatable bonds is 12. The molecule has 0 aromatic carbocycles. The van der Waals surface area contributed by atoms with Crippen molar-refractivity contribution in [1.82, 2.24) is 5.32 Å². The van der Waals surface area contributed by atoms with E-state index in [1.54, 1.807) is 27.7 Å². The fraction of sp³-hybridized carbons (Fsp3) is 0.913. The number of esters is 1. The van der Waals surface area contributed by atoms with Crippen LogP contribution in [0.2, 0.25) is 0 Å². The lowest BCUT2D eigenvalue weighted by molar-refractivity contribution is -0.162. The first-order chi connectivity index (χ1) is 13.4. The molecule has 0 aromatic heterocycles. The Kier molecular flexibility index (Phi) is 10.4. The summed E-state index contributed by atoms with van der Waals surface area (Å²) in [6.45, 7) is 16.2. The highest BCUT2D eigenvalue weighted by molar-refractivity contribution is 5.81. The minimum Gasteiger partial charge on any atom is -0.458 e. The molecule has 1 N–H and O–H groups in total. The van der Waals surface area contributed by atoms with E-state index in [4.69, 9.17) is 14.2 Å². The first kappa shape index (κ1) is 25.7. The van der Waals surface area contributed by atoms with Gasteiger partial charge in [-0.25, -0.2) is 9.59 Å². The maximum Gasteiger partial charge on any atom is 0.408 e. The van der Waals surface area contributed by atoms with Crippen molar-refractivity contribution in [2.75, 3.05) is 6.61 Å². The summed E-state index contributed by atoms with van der Waals surface area (Å²) in [6.07, 6.45) is 4.48. The predicted molar refractivity (Wildman–Crippen MR) is 115 cm³/mol. The number of alkyl carbamates (subject to hydrolysis) is 1. The average Bonchev–Trinajstić information content (AvgIpc) is 3.39. The highest BCUT2D eigenvalue weighted by atomic mass is 16.6. The van der Waals surface area contributed by atoms with Crippen molar-refractivity contribution >= 4 is 12.1 Å². The van der Waals surface area contributed by atoms with E-state index in [2.05, 4.69) is 26.1 Å². The average molecular weight is 414 g/mol. The van der Waals surface area contributed by atoms with Crippen LogP contribution in [0.3, 0.4) is 0 Å². The number of carbonyl (C=O) groups is 2. The van der Waals surface area contributed by atoms with Gasteiger partial charge < -0.3 is 19.5 Å². The Hall–Kier alpha value is -1.30. The second-order valence-electron chi connectivity index (χ2n) is 9.89. The lowest BCUT2D eigenvalue weighted by atomic mass is 9.88. The van der Waals surface area contributed by atoms with Crippen molar-refractivity contribution in [2.24, 2.45) is 17.8 Å². The largest absolute Gasteiger partial charge is 0.458 e. The van der Waals surface area contributed by atoms with Gasteiger partial charge in [0, 0.05) is 6.61 Å². The zero-order valence-electron chi connectivity index (χ0n) is 19.7. The van der Waals surface area contributed by atoms with Crippen LogP contribution < -0.4 is 5.32 Å². The van der Waals surface area contributed by atoms with Crippen molar-refractivity contribution < 1.29 is 23.8 Å². The smallest absolute Gasteiger partial charge is 0.408 e. The second-order valence-corrected chi connectivity index (χ2v) is 9.89. The highest BCUT2D eigenvalue weighted by Gasteiger charge is 2.33. The zero-order valence-corrected chi connectivity index (χ0v) is 19.7. The lowest BCUT2D eigenvalue weighted by Crippen LogP contribution is -2.45. The fourth-order valence-corrected chi connectivity index (χ4v) is 3.23. The Morgan fingerprint density at radius 1 is 1.07 bits per heavy atom. The summed E-state index contributed by atoms with van der Waals surface area (Å²) in [6, 6.07) is -0.785. The summed E-state index contributed by atoms with van der Waals surface area (Å²) >= 11 is 0. The molecule has 1 fully saturated rings. The van der Waals surface area contributed by atoms with Gasteiger partial charge in [-0.05, 0) is 71.6 Å². The van der Waals surface area contributed by atoms with Gasteiger partial charge in [-0.3, -0.25) is 0 Å². The third kappa shape index (κ3) is 10.9. The Morgan fingerprint density at radius 3 is 2.17 bits per heavy atom. The molecule has 4 atom stereocenters. The van der Waals surface area contributed by atoms with E-state index in [0.29, 0.717) is 17.8 Å². The van der Waals surface area contributed by atoms with Crippen LogP contribution in [0.5, 0.6) is 0 Å². The third-order valence-electron chi connectivity index (χ3n) is 5.18. The molecular weight excluding hydrogens is 370 g/mol. The molecule has 1 amide bonds. The normalized spacial score (nSPS) is 18.7. The molecule has 0 unspecified atom stereocenters. The Morgan fingerprint density at radius 2 is 1.69 bits per heavy atom. The summed E-state index contributed by atoms with van der Waals surface area (Å²) in [5.74, 6) is 1.15. The SMILES string of the molecule is CC[C@H](CCC(C)C)[C@@H](OCC1CC1)[C@H](C)OC(=O)[C@H](C)NC(=O)OC(C)(C)C. The van der Waals surface area contributed by atoms with Crippen LogP contribution in [0.1, 0.15) is 87.5 Å². The standard InChI is InChI=1S/C23H43NO5/c1-9-19(13-10-15(2)3)20(27-14-18-11-12-18)17(5)28-21(25)16(4)24-22(26)29-23(6,7)8/h15-20H,9-14H2,1-8H3,(H,24,26)/t16-,17-,19+,20-/m0/s1. The van der Waals surface area contributed by atoms with E-state index < -0.39 is 23.7 Å². The predicted octanol–water partition coefficient (Wildman–Crippen LogP) is 5.09. The van der Waals surface area contributed by atoms with Gasteiger partial charge in [-0.1, -0.05) is 33.6 Å². The zero-order chi connectivity index (χ0) is 22.2. The molecule has 6 heteroatoms. The molecule has 1 aliphatic carbocycles. The summed E-state index contributed by atoms with van der Waals surface area (Å²) in [5.41, 5.74) is -0.618. The van der Waals surface area contributed by atoms with Crippen molar-refractivity contribution in [3.63, 3.8) is 0 Å². The van der Waals surface area contributed by atoms with Crippen molar-refractivity contribution in [3.8, 4) is 0 Å². The van der Waals surface area contributed by atoms with E-state index in [0.717, 1.165) is 25.9 Å². The lowest BCUT2D eigenvalue weighted by Gasteiger charge is -2.32. The van der Waals surface area contributed by atoms with Crippen molar-refractivity contribution in [3.05, 3.63) is 0 Å². The summed E-state index contributed by atoms with van der Waals surface area (Å²) < 4.78 is 17.2. The first-order valence-corrected chi connectivity index (χ1v) is 11.2. The number of nitrogens with one attached hydrogen (secondary N) is 1. The van der Waals surface area contributed by atoms with Gasteiger partial charge in [0.15, 0.2) is 0 Å². The molecule has 0 spiro atoms. The van der Waals surface area contributed by atoms with Gasteiger partial charge in [0.05, 0.1) is 6.10 Å². The molecule has 0 saturated heterocycles. The van der Waals surface area contributed by atoms with Gasteiger partial charge >= 0.3 is 12.1 Å². The van der Waals surface area contributed by atoms with Crippen LogP contribution in [0.4, 0.5) is 4.79 Å². The molecule has 170 valence electrons. The van der Waals surface area contributed by atoms with E-state index in [1.807, 2.05) is 6.92 Å². The van der Waals surface area contributed by atoms with E-state index >= 15 is 0 Å². The number of carbonyl (C=O) groups excluding carboxylic acids is 2. The molecule has 1 aliphatic rings. The molecule has 29 heavy (non-hydrogen) atoms. The minimum absolute atomic E-state index is 0.128. The van der Waals surface area contributed by atoms with Crippen LogP contribution in [-0.2, 0) is 19.0 Å². The van der Waals surface area contributed by atoms with Crippen LogP contribution >= 0.6 is 0 Å². The van der Waals surface area contributed by atoms with Gasteiger partial charge in [0.2, 0.25) is 0 Å². The van der Waals surface area contributed by atoms with Crippen molar-refractivity contribution in [2.45, 2.75) is 111 Å². The number of hydrogen-bond acceptors (Lipinski definition) is 5. The van der Waals surface area contributed by atoms with Crippen LogP contribution in [-0.4, -0.2) is 42.5 Å². The Bertz CT molecular complexity index is 510. The maximum atomic E-state index is 12.5. The summed E-state index contributed by atoms with van der Waals surface area (Å²) in [5, 5.41) is 2.55. The molecule has 0 aliphatic heterocycles. The van der Waals surface area contributed by atoms with E-state index in [1.165, 1.54) is 12.8 Å². The molecular formula is C23H43NO5. The topological polar surface area (TPSA) is 73.9 Å². The summed E-state index contributed by atoms with van der Waals surface area (Å²) in [4.78, 5) is 24.5. The fourth-order valence-electron chi connectivity index (χ4n) is 3.23. The van der Waals surface area contributed by atoms with Crippen LogP contribution in [0, 0.1) is 17.8 Å². The number of amides is 1. The van der Waals surface area contributed by atoms with Gasteiger partial charge in [0.25, 0.3) is 0 Å². The van der Waals surface area contributed by atoms with E-state index in [-0.39, 0.29) is 12.2 Å². The third-order valence-corrected chi connectivity index (χ3v) is 5.18. The van der Waals surface area contributed by atoms with Crippen LogP contribution in [0.15, 0.2) is 0 Å². The molecule has 0 aromatic rings. The Balaban J connectivity index is 2.66. The second kappa shape index (κ2) is 11.8. The maximum absolute atomic E-state index is 12.5. The van der Waals surface area contributed by atoms with Crippen LogP contribution in [0.25, 0.3) is 0 Å². The molecule has 1 saturated carbocycles. The van der Waals surface area contributed by atoms with E-state index in [9.17, 15) is 9.59 Å². The molecule has 6 nitrogen and oxygen atoms in total. The van der Waals surface area contributed by atoms with Gasteiger partial charge in [0.1, 0.15) is 17.7 Å². The molecule has 1 rings (SSSR count). The van der Waals surface area contributed by atoms with Crippen molar-refractivity contribution in [1.29, 1.82) is 0 Å². The highest BCUT2D eigenvalue weighted by Crippen LogP contribution is 2.32. The molecule has 0 radical (unpaired) electrons. The molecule has 0 bridgehead atoms. The van der Waals surface area contributed by atoms with Gasteiger partial charge in [-0.2, -0.15) is 0 Å². The quantitative estimate of drug-likeness (QED) is 0.451. The number of hydrogen-bond donors (Lipinski definition) is 1. The van der Waals surface area contributed by atoms with Gasteiger partial charge in [-0.15, -0.1) is 0 Å².